The van der Waals surface area contributed by atoms with Gasteiger partial charge >= 0.3 is 0 Å². The van der Waals surface area contributed by atoms with Crippen LogP contribution in [-0.2, 0) is 4.79 Å². The molecule has 1 amide bonds. The molecule has 2 aromatic heterocycles. The average molecular weight is 346 g/mol. The van der Waals surface area contributed by atoms with Crippen molar-refractivity contribution >= 4 is 33.5 Å². The Morgan fingerprint density at radius 2 is 1.88 bits per heavy atom. The molecule has 130 valence electrons. The number of ether oxygens (including phenoxy) is 1. The Bertz CT molecular complexity index is 1090. The summed E-state index contributed by atoms with van der Waals surface area (Å²) in [5.41, 5.74) is 2.79. The molecule has 0 aliphatic carbocycles. The van der Waals surface area contributed by atoms with Gasteiger partial charge in [0.15, 0.2) is 0 Å². The van der Waals surface area contributed by atoms with Crippen LogP contribution in [0.1, 0.15) is 18.5 Å². The molecule has 0 unspecified atom stereocenters. The Hall–Kier alpha value is -3.34. The lowest BCUT2D eigenvalue weighted by molar-refractivity contribution is -0.117. The summed E-state index contributed by atoms with van der Waals surface area (Å²) in [6, 6.07) is 17.0. The van der Waals surface area contributed by atoms with Crippen molar-refractivity contribution in [3.05, 3.63) is 66.5 Å². The van der Waals surface area contributed by atoms with Crippen molar-refractivity contribution in [3.8, 4) is 5.75 Å². The number of hydrogen-bond donors (Lipinski definition) is 1. The summed E-state index contributed by atoms with van der Waals surface area (Å²) in [6.45, 7) is 1.82. The number of fused-ring (bicyclic) bond motifs is 3. The highest BCUT2D eigenvalue weighted by Crippen LogP contribution is 2.36. The summed E-state index contributed by atoms with van der Waals surface area (Å²) in [6.07, 6.45) is 1.68. The third-order valence-electron chi connectivity index (χ3n) is 4.48. The zero-order valence-corrected chi connectivity index (χ0v) is 14.5. The van der Waals surface area contributed by atoms with Crippen LogP contribution in [0.2, 0.25) is 0 Å². The van der Waals surface area contributed by atoms with E-state index in [9.17, 15) is 4.79 Å². The van der Waals surface area contributed by atoms with Crippen LogP contribution < -0.4 is 10.1 Å². The van der Waals surface area contributed by atoms with E-state index in [-0.39, 0.29) is 11.8 Å². The Labute approximate surface area is 150 Å². The Morgan fingerprint density at radius 1 is 1.08 bits per heavy atom. The number of para-hydroxylation sites is 1. The molecule has 5 nitrogen and oxygen atoms in total. The second-order valence-corrected chi connectivity index (χ2v) is 6.11. The van der Waals surface area contributed by atoms with E-state index in [2.05, 4.69) is 10.3 Å². The summed E-state index contributed by atoms with van der Waals surface area (Å²) in [4.78, 5) is 16.9. The largest absolute Gasteiger partial charge is 0.495 e. The second kappa shape index (κ2) is 6.52. The summed E-state index contributed by atoms with van der Waals surface area (Å²) in [5.74, 6) is 0.0513. The molecule has 5 heteroatoms. The molecule has 0 fully saturated rings. The molecule has 0 radical (unpaired) electrons. The first kappa shape index (κ1) is 16.1. The molecule has 1 N–H and O–H groups in total. The zero-order valence-electron chi connectivity index (χ0n) is 14.5. The zero-order chi connectivity index (χ0) is 18.1. The van der Waals surface area contributed by atoms with Gasteiger partial charge in [-0.2, -0.15) is 0 Å². The van der Waals surface area contributed by atoms with Gasteiger partial charge < -0.3 is 14.5 Å². The lowest BCUT2D eigenvalue weighted by Crippen LogP contribution is -2.20. The van der Waals surface area contributed by atoms with Crippen molar-refractivity contribution < 1.29 is 13.9 Å². The first-order valence-electron chi connectivity index (χ1n) is 8.38. The van der Waals surface area contributed by atoms with E-state index in [1.165, 1.54) is 0 Å². The molecule has 0 aliphatic rings. The summed E-state index contributed by atoms with van der Waals surface area (Å²) in [7, 11) is 1.58. The number of hydrogen-bond acceptors (Lipinski definition) is 4. The van der Waals surface area contributed by atoms with Gasteiger partial charge in [-0.1, -0.05) is 24.3 Å². The fourth-order valence-electron chi connectivity index (χ4n) is 3.03. The van der Waals surface area contributed by atoms with E-state index in [0.717, 1.165) is 16.4 Å². The number of furan rings is 1. The predicted molar refractivity (Wildman–Crippen MR) is 102 cm³/mol. The number of nitrogens with zero attached hydrogens (tertiary/aromatic N) is 1. The smallest absolute Gasteiger partial charge is 0.233 e. The van der Waals surface area contributed by atoms with Crippen LogP contribution in [0.4, 0.5) is 5.69 Å². The minimum Gasteiger partial charge on any atom is -0.495 e. The highest BCUT2D eigenvalue weighted by molar-refractivity contribution is 6.08. The van der Waals surface area contributed by atoms with Gasteiger partial charge in [0.25, 0.3) is 0 Å². The Balaban J connectivity index is 1.71. The van der Waals surface area contributed by atoms with Crippen molar-refractivity contribution in [1.82, 2.24) is 4.98 Å². The average Bonchev–Trinajstić information content (AvgIpc) is 3.04. The quantitative estimate of drug-likeness (QED) is 0.580. The number of rotatable bonds is 4. The predicted octanol–water partition coefficient (Wildman–Crippen LogP) is 4.73. The standard InChI is InChI=1S/C21H18N2O3/c1-13(16-8-5-6-10-22-16)21(24)23-17-12-19-15(11-20(17)25-2)14-7-3-4-9-18(14)26-19/h3-13H,1-2H3,(H,23,24)/t13-/m1/s1. The summed E-state index contributed by atoms with van der Waals surface area (Å²) < 4.78 is 11.4. The first-order chi connectivity index (χ1) is 12.7. The van der Waals surface area contributed by atoms with Gasteiger partial charge in [0, 0.05) is 23.0 Å². The number of anilines is 1. The number of carbonyl (C=O) groups excluding carboxylic acids is 1. The van der Waals surface area contributed by atoms with Gasteiger partial charge in [-0.05, 0) is 31.2 Å². The van der Waals surface area contributed by atoms with Crippen molar-refractivity contribution in [2.24, 2.45) is 0 Å². The van der Waals surface area contributed by atoms with Gasteiger partial charge in [0.1, 0.15) is 16.9 Å². The van der Waals surface area contributed by atoms with E-state index in [1.807, 2.05) is 55.5 Å². The van der Waals surface area contributed by atoms with Gasteiger partial charge in [0.05, 0.1) is 24.4 Å². The maximum Gasteiger partial charge on any atom is 0.233 e. The molecular formula is C21H18N2O3. The van der Waals surface area contributed by atoms with Crippen LogP contribution in [0.25, 0.3) is 21.9 Å². The molecular weight excluding hydrogens is 328 g/mol. The molecule has 2 heterocycles. The molecule has 0 saturated heterocycles. The van der Waals surface area contributed by atoms with Crippen LogP contribution >= 0.6 is 0 Å². The fourth-order valence-corrected chi connectivity index (χ4v) is 3.03. The number of amides is 1. The third kappa shape index (κ3) is 2.77. The molecule has 1 atom stereocenters. The van der Waals surface area contributed by atoms with Crippen molar-refractivity contribution in [2.75, 3.05) is 12.4 Å². The second-order valence-electron chi connectivity index (χ2n) is 6.11. The number of nitrogens with one attached hydrogen (secondary N) is 1. The van der Waals surface area contributed by atoms with Crippen molar-refractivity contribution in [1.29, 1.82) is 0 Å². The van der Waals surface area contributed by atoms with Crippen molar-refractivity contribution in [2.45, 2.75) is 12.8 Å². The monoisotopic (exact) mass is 346 g/mol. The number of benzene rings is 2. The topological polar surface area (TPSA) is 64.4 Å². The van der Waals surface area contributed by atoms with Crippen LogP contribution in [0.3, 0.4) is 0 Å². The minimum atomic E-state index is -0.382. The van der Waals surface area contributed by atoms with E-state index in [0.29, 0.717) is 22.7 Å². The molecule has 0 bridgehead atoms. The van der Waals surface area contributed by atoms with E-state index in [1.54, 1.807) is 19.4 Å². The normalized spacial score (nSPS) is 12.2. The molecule has 0 aliphatic heterocycles. The minimum absolute atomic E-state index is 0.155. The van der Waals surface area contributed by atoms with Crippen LogP contribution in [0.15, 0.2) is 65.2 Å². The SMILES string of the molecule is COc1cc2c(cc1NC(=O)[C@H](C)c1ccccn1)oc1ccccc12. The van der Waals surface area contributed by atoms with E-state index < -0.39 is 0 Å². The molecule has 4 aromatic rings. The lowest BCUT2D eigenvalue weighted by Gasteiger charge is -2.14. The van der Waals surface area contributed by atoms with Crippen LogP contribution in [0, 0.1) is 0 Å². The number of methoxy groups -OCH3 is 1. The molecule has 26 heavy (non-hydrogen) atoms. The molecule has 2 aromatic carbocycles. The third-order valence-corrected chi connectivity index (χ3v) is 4.48. The first-order valence-corrected chi connectivity index (χ1v) is 8.38. The Kier molecular flexibility index (Phi) is 4.05. The molecule has 0 saturated carbocycles. The van der Waals surface area contributed by atoms with E-state index >= 15 is 0 Å². The van der Waals surface area contributed by atoms with Gasteiger partial charge in [-0.3, -0.25) is 9.78 Å². The highest BCUT2D eigenvalue weighted by atomic mass is 16.5. The van der Waals surface area contributed by atoms with Gasteiger partial charge in [-0.25, -0.2) is 0 Å². The lowest BCUT2D eigenvalue weighted by atomic mass is 10.1. The Morgan fingerprint density at radius 3 is 2.65 bits per heavy atom. The number of aromatic nitrogens is 1. The maximum absolute atomic E-state index is 12.7. The highest BCUT2D eigenvalue weighted by Gasteiger charge is 2.19. The van der Waals surface area contributed by atoms with E-state index in [4.69, 9.17) is 9.15 Å². The molecule has 4 rings (SSSR count). The van der Waals surface area contributed by atoms with Gasteiger partial charge in [0.2, 0.25) is 5.91 Å². The number of pyridine rings is 1. The number of carbonyl (C=O) groups is 1. The van der Waals surface area contributed by atoms with Crippen LogP contribution in [-0.4, -0.2) is 18.0 Å². The van der Waals surface area contributed by atoms with Gasteiger partial charge in [-0.15, -0.1) is 0 Å². The van der Waals surface area contributed by atoms with Crippen molar-refractivity contribution in [3.63, 3.8) is 0 Å². The fraction of sp³-hybridized carbons (Fsp3) is 0.143. The summed E-state index contributed by atoms with van der Waals surface area (Å²) >= 11 is 0. The molecule has 0 spiro atoms. The van der Waals surface area contributed by atoms with Crippen LogP contribution in [0.5, 0.6) is 5.75 Å². The maximum atomic E-state index is 12.7. The summed E-state index contributed by atoms with van der Waals surface area (Å²) in [5, 5.41) is 4.90.